The van der Waals surface area contributed by atoms with Crippen molar-refractivity contribution in [2.75, 3.05) is 6.61 Å². The van der Waals surface area contributed by atoms with Crippen molar-refractivity contribution in [3.63, 3.8) is 0 Å². The molecule has 2 aromatic rings. The van der Waals surface area contributed by atoms with Gasteiger partial charge in [0.25, 0.3) is 0 Å². The first-order valence-electron chi connectivity index (χ1n) is 6.27. The number of hydrogen-bond acceptors (Lipinski definition) is 1. The number of halogens is 2. The molecule has 1 N–H and O–H groups in total. The minimum atomic E-state index is 0.168. The molecule has 0 heterocycles. The molecule has 1 atom stereocenters. The van der Waals surface area contributed by atoms with E-state index < -0.39 is 0 Å². The Kier molecular flexibility index (Phi) is 5.44. The average molecular weight is 340 g/mol. The van der Waals surface area contributed by atoms with Crippen LogP contribution in [-0.4, -0.2) is 11.7 Å². The number of hydrogen-bond donors (Lipinski definition) is 1. The Morgan fingerprint density at radius 1 is 1.00 bits per heavy atom. The molecule has 3 heteroatoms. The van der Waals surface area contributed by atoms with Crippen LogP contribution in [-0.2, 0) is 12.8 Å². The third-order valence-corrected chi connectivity index (χ3v) is 4.06. The molecule has 0 bridgehead atoms. The van der Waals surface area contributed by atoms with E-state index in [9.17, 15) is 5.11 Å². The highest BCUT2D eigenvalue weighted by atomic mass is 79.9. The Balaban J connectivity index is 2.05. The van der Waals surface area contributed by atoms with Crippen LogP contribution in [0.5, 0.6) is 0 Å². The van der Waals surface area contributed by atoms with Crippen molar-refractivity contribution in [2.45, 2.75) is 12.8 Å². The summed E-state index contributed by atoms with van der Waals surface area (Å²) in [6.07, 6.45) is 1.65. The molecule has 0 aliphatic heterocycles. The van der Waals surface area contributed by atoms with Gasteiger partial charge in [-0.25, -0.2) is 0 Å². The molecule has 0 saturated heterocycles. The minimum Gasteiger partial charge on any atom is -0.396 e. The molecule has 0 saturated carbocycles. The van der Waals surface area contributed by atoms with E-state index in [1.807, 2.05) is 36.4 Å². The minimum absolute atomic E-state index is 0.168. The predicted octanol–water partition coefficient (Wildman–Crippen LogP) is 4.50. The van der Waals surface area contributed by atoms with E-state index in [2.05, 4.69) is 28.1 Å². The lowest BCUT2D eigenvalue weighted by molar-refractivity contribution is 0.225. The molecule has 0 aliphatic rings. The Hall–Kier alpha value is -0.830. The molecular formula is C16H16BrClO. The molecule has 1 nitrogen and oxygen atoms in total. The van der Waals surface area contributed by atoms with Crippen LogP contribution in [0.3, 0.4) is 0 Å². The summed E-state index contributed by atoms with van der Waals surface area (Å²) >= 11 is 9.59. The lowest BCUT2D eigenvalue weighted by Crippen LogP contribution is -2.13. The number of rotatable bonds is 5. The lowest BCUT2D eigenvalue weighted by atomic mass is 9.93. The highest BCUT2D eigenvalue weighted by Gasteiger charge is 2.11. The maximum Gasteiger partial charge on any atom is 0.0465 e. The van der Waals surface area contributed by atoms with Crippen molar-refractivity contribution >= 4 is 27.5 Å². The standard InChI is InChI=1S/C16H16BrClO/c17-15-7-5-12(6-8-15)9-13(11-19)10-14-3-1-2-4-16(14)18/h1-8,13,19H,9-11H2. The monoisotopic (exact) mass is 338 g/mol. The van der Waals surface area contributed by atoms with E-state index in [0.29, 0.717) is 0 Å². The predicted molar refractivity (Wildman–Crippen MR) is 83.6 cm³/mol. The van der Waals surface area contributed by atoms with Crippen molar-refractivity contribution < 1.29 is 5.11 Å². The maximum atomic E-state index is 9.54. The molecule has 0 aliphatic carbocycles. The van der Waals surface area contributed by atoms with Crippen LogP contribution in [0.2, 0.25) is 5.02 Å². The fraction of sp³-hybridized carbons (Fsp3) is 0.250. The summed E-state index contributed by atoms with van der Waals surface area (Å²) in [5.41, 5.74) is 2.33. The van der Waals surface area contributed by atoms with Crippen molar-refractivity contribution in [1.29, 1.82) is 0 Å². The molecule has 2 rings (SSSR count). The van der Waals surface area contributed by atoms with Gasteiger partial charge in [0.15, 0.2) is 0 Å². The molecule has 100 valence electrons. The van der Waals surface area contributed by atoms with Crippen LogP contribution in [0.4, 0.5) is 0 Å². The van der Waals surface area contributed by atoms with Crippen LogP contribution in [0.1, 0.15) is 11.1 Å². The second-order valence-corrected chi connectivity index (χ2v) is 6.00. The van der Waals surface area contributed by atoms with Crippen LogP contribution in [0.25, 0.3) is 0 Å². The molecule has 1 unspecified atom stereocenters. The summed E-state index contributed by atoms with van der Waals surface area (Å²) in [6.45, 7) is 0.168. The summed E-state index contributed by atoms with van der Waals surface area (Å²) < 4.78 is 1.07. The van der Waals surface area contributed by atoms with Crippen molar-refractivity contribution in [3.8, 4) is 0 Å². The molecule has 2 aromatic carbocycles. The topological polar surface area (TPSA) is 20.2 Å². The Labute approximate surface area is 127 Å². The van der Waals surface area contributed by atoms with Gasteiger partial charge < -0.3 is 5.11 Å². The smallest absolute Gasteiger partial charge is 0.0465 e. The summed E-state index contributed by atoms with van der Waals surface area (Å²) in [6, 6.07) is 16.0. The van der Waals surface area contributed by atoms with E-state index in [-0.39, 0.29) is 12.5 Å². The zero-order valence-corrected chi connectivity index (χ0v) is 12.9. The van der Waals surface area contributed by atoms with E-state index >= 15 is 0 Å². The number of aliphatic hydroxyl groups excluding tert-OH is 1. The molecule has 0 radical (unpaired) electrons. The maximum absolute atomic E-state index is 9.54. The zero-order valence-electron chi connectivity index (χ0n) is 10.5. The molecule has 0 fully saturated rings. The first kappa shape index (κ1) is 14.6. The lowest BCUT2D eigenvalue weighted by Gasteiger charge is -2.15. The largest absolute Gasteiger partial charge is 0.396 e. The summed E-state index contributed by atoms with van der Waals surface area (Å²) in [4.78, 5) is 0. The van der Waals surface area contributed by atoms with E-state index in [1.165, 1.54) is 5.56 Å². The van der Waals surface area contributed by atoms with E-state index in [1.54, 1.807) is 0 Å². The average Bonchev–Trinajstić information content (AvgIpc) is 2.43. The van der Waals surface area contributed by atoms with Gasteiger partial charge in [-0.15, -0.1) is 0 Å². The third kappa shape index (κ3) is 4.34. The van der Waals surface area contributed by atoms with Crippen molar-refractivity contribution in [1.82, 2.24) is 0 Å². The molecule has 0 amide bonds. The first-order chi connectivity index (χ1) is 9.19. The van der Waals surface area contributed by atoms with Gasteiger partial charge in [-0.3, -0.25) is 0 Å². The quantitative estimate of drug-likeness (QED) is 0.850. The van der Waals surface area contributed by atoms with E-state index in [4.69, 9.17) is 11.6 Å². The van der Waals surface area contributed by atoms with Crippen molar-refractivity contribution in [2.24, 2.45) is 5.92 Å². The Bertz CT molecular complexity index is 525. The van der Waals surface area contributed by atoms with Gasteiger partial charge in [-0.1, -0.05) is 57.9 Å². The highest BCUT2D eigenvalue weighted by Crippen LogP contribution is 2.21. The second kappa shape index (κ2) is 7.09. The number of aliphatic hydroxyl groups is 1. The molecule has 0 spiro atoms. The normalized spacial score (nSPS) is 12.4. The van der Waals surface area contributed by atoms with Crippen LogP contribution >= 0.6 is 27.5 Å². The SMILES string of the molecule is OCC(Cc1ccc(Br)cc1)Cc1ccccc1Cl. The third-order valence-electron chi connectivity index (χ3n) is 3.16. The fourth-order valence-corrected chi connectivity index (χ4v) is 2.61. The summed E-state index contributed by atoms with van der Waals surface area (Å²) in [5, 5.41) is 10.3. The molecular weight excluding hydrogens is 324 g/mol. The number of benzene rings is 2. The molecule has 0 aromatic heterocycles. The Morgan fingerprint density at radius 2 is 1.68 bits per heavy atom. The molecule has 19 heavy (non-hydrogen) atoms. The zero-order chi connectivity index (χ0) is 13.7. The van der Waals surface area contributed by atoms with Gasteiger partial charge in [-0.05, 0) is 48.1 Å². The van der Waals surface area contributed by atoms with Gasteiger partial charge in [0.05, 0.1) is 0 Å². The first-order valence-corrected chi connectivity index (χ1v) is 7.45. The van der Waals surface area contributed by atoms with Gasteiger partial charge >= 0.3 is 0 Å². The van der Waals surface area contributed by atoms with Crippen LogP contribution < -0.4 is 0 Å². The van der Waals surface area contributed by atoms with Gasteiger partial charge in [-0.2, -0.15) is 0 Å². The Morgan fingerprint density at radius 3 is 2.32 bits per heavy atom. The fourth-order valence-electron chi connectivity index (χ4n) is 2.13. The summed E-state index contributed by atoms with van der Waals surface area (Å²) in [7, 11) is 0. The van der Waals surface area contributed by atoms with E-state index in [0.717, 1.165) is 27.9 Å². The van der Waals surface area contributed by atoms with Gasteiger partial charge in [0.2, 0.25) is 0 Å². The summed E-state index contributed by atoms with van der Waals surface area (Å²) in [5.74, 6) is 0.195. The van der Waals surface area contributed by atoms with Gasteiger partial charge in [0.1, 0.15) is 0 Å². The van der Waals surface area contributed by atoms with Crippen LogP contribution in [0, 0.1) is 5.92 Å². The second-order valence-electron chi connectivity index (χ2n) is 4.67. The van der Waals surface area contributed by atoms with Gasteiger partial charge in [0, 0.05) is 16.1 Å². The highest BCUT2D eigenvalue weighted by molar-refractivity contribution is 9.10. The van der Waals surface area contributed by atoms with Crippen molar-refractivity contribution in [3.05, 3.63) is 69.2 Å². The van der Waals surface area contributed by atoms with Crippen LogP contribution in [0.15, 0.2) is 53.0 Å².